The van der Waals surface area contributed by atoms with Gasteiger partial charge >= 0.3 is 0 Å². The third-order valence-corrected chi connectivity index (χ3v) is 3.90. The average molecular weight is 322 g/mol. The molecule has 0 spiro atoms. The Kier molecular flexibility index (Phi) is 5.78. The maximum atomic E-state index is 12.8. The molecule has 7 nitrogen and oxygen atoms in total. The van der Waals surface area contributed by atoms with Gasteiger partial charge in [-0.15, -0.1) is 0 Å². The molecule has 0 saturated carbocycles. The number of carbonyl (C=O) groups is 1. The normalized spacial score (nSPS) is 15.0. The second kappa shape index (κ2) is 7.80. The molecule has 1 amide bonds. The Morgan fingerprint density at radius 3 is 2.39 bits per heavy atom. The van der Waals surface area contributed by atoms with E-state index in [1.807, 2.05) is 0 Å². The van der Waals surface area contributed by atoms with E-state index < -0.39 is 4.92 Å². The van der Waals surface area contributed by atoms with Crippen LogP contribution in [-0.2, 0) is 0 Å². The molecule has 1 saturated heterocycles. The van der Waals surface area contributed by atoms with Crippen LogP contribution in [0.3, 0.4) is 0 Å². The summed E-state index contributed by atoms with van der Waals surface area (Å²) in [7, 11) is 1.41. The first-order valence-electron chi connectivity index (χ1n) is 7.87. The van der Waals surface area contributed by atoms with Crippen LogP contribution in [0.5, 0.6) is 11.5 Å². The van der Waals surface area contributed by atoms with Crippen LogP contribution in [0.4, 0.5) is 5.69 Å². The molecule has 0 N–H and O–H groups in total. The predicted molar refractivity (Wildman–Crippen MR) is 85.2 cm³/mol. The van der Waals surface area contributed by atoms with Gasteiger partial charge in [-0.1, -0.05) is 12.8 Å². The van der Waals surface area contributed by atoms with Gasteiger partial charge in [0.15, 0.2) is 11.5 Å². The minimum Gasteiger partial charge on any atom is -0.493 e. The van der Waals surface area contributed by atoms with Crippen molar-refractivity contribution in [3.05, 3.63) is 27.8 Å². The summed E-state index contributed by atoms with van der Waals surface area (Å²) < 4.78 is 10.6. The molecular formula is C16H22N2O5. The van der Waals surface area contributed by atoms with Gasteiger partial charge in [-0.3, -0.25) is 14.9 Å². The Morgan fingerprint density at radius 2 is 1.87 bits per heavy atom. The van der Waals surface area contributed by atoms with Crippen LogP contribution < -0.4 is 9.47 Å². The SMILES string of the molecule is CCOc1cc(C(=O)N2CCCCCC2)c([N+](=O)[O-])cc1OC. The monoisotopic (exact) mass is 322 g/mol. The highest BCUT2D eigenvalue weighted by Crippen LogP contribution is 2.35. The topological polar surface area (TPSA) is 81.9 Å². The molecule has 1 heterocycles. The molecule has 0 aliphatic carbocycles. The van der Waals surface area contributed by atoms with Crippen molar-refractivity contribution in [1.82, 2.24) is 4.90 Å². The number of nitro groups is 1. The molecule has 2 rings (SSSR count). The van der Waals surface area contributed by atoms with E-state index >= 15 is 0 Å². The van der Waals surface area contributed by atoms with Crippen LogP contribution in [0, 0.1) is 10.1 Å². The van der Waals surface area contributed by atoms with Crippen molar-refractivity contribution in [2.24, 2.45) is 0 Å². The van der Waals surface area contributed by atoms with Crippen molar-refractivity contribution in [2.45, 2.75) is 32.6 Å². The number of amides is 1. The van der Waals surface area contributed by atoms with E-state index in [2.05, 4.69) is 0 Å². The third kappa shape index (κ3) is 3.91. The zero-order valence-electron chi connectivity index (χ0n) is 13.5. The van der Waals surface area contributed by atoms with Gasteiger partial charge in [-0.05, 0) is 19.8 Å². The van der Waals surface area contributed by atoms with Crippen LogP contribution in [0.2, 0.25) is 0 Å². The molecule has 1 fully saturated rings. The Labute approximate surface area is 135 Å². The first-order chi connectivity index (χ1) is 11.1. The number of methoxy groups -OCH3 is 1. The number of rotatable bonds is 5. The lowest BCUT2D eigenvalue weighted by atomic mass is 10.1. The number of carbonyl (C=O) groups excluding carboxylic acids is 1. The summed E-state index contributed by atoms with van der Waals surface area (Å²) in [5, 5.41) is 11.4. The number of hydrogen-bond donors (Lipinski definition) is 0. The molecule has 23 heavy (non-hydrogen) atoms. The molecule has 1 aromatic carbocycles. The van der Waals surface area contributed by atoms with Crippen molar-refractivity contribution < 1.29 is 19.2 Å². The third-order valence-electron chi connectivity index (χ3n) is 3.90. The van der Waals surface area contributed by atoms with Gasteiger partial charge in [0.2, 0.25) is 0 Å². The van der Waals surface area contributed by atoms with Crippen LogP contribution in [-0.4, -0.2) is 42.5 Å². The molecule has 7 heteroatoms. The number of likely N-dealkylation sites (tertiary alicyclic amines) is 1. The van der Waals surface area contributed by atoms with Crippen LogP contribution >= 0.6 is 0 Å². The number of nitro benzene ring substituents is 1. The van der Waals surface area contributed by atoms with Crippen molar-refractivity contribution in [1.29, 1.82) is 0 Å². The minimum atomic E-state index is -0.552. The van der Waals surface area contributed by atoms with Crippen molar-refractivity contribution in [3.63, 3.8) is 0 Å². The van der Waals surface area contributed by atoms with E-state index in [9.17, 15) is 14.9 Å². The Bertz CT molecular complexity index is 580. The van der Waals surface area contributed by atoms with E-state index in [1.54, 1.807) is 11.8 Å². The second-order valence-corrected chi connectivity index (χ2v) is 5.42. The summed E-state index contributed by atoms with van der Waals surface area (Å²) in [5.74, 6) is 0.284. The molecule has 1 aromatic rings. The Morgan fingerprint density at radius 1 is 1.22 bits per heavy atom. The Hall–Kier alpha value is -2.31. The summed E-state index contributed by atoms with van der Waals surface area (Å²) in [4.78, 5) is 25.3. The summed E-state index contributed by atoms with van der Waals surface area (Å²) >= 11 is 0. The van der Waals surface area contributed by atoms with E-state index in [4.69, 9.17) is 9.47 Å². The fourth-order valence-electron chi connectivity index (χ4n) is 2.74. The second-order valence-electron chi connectivity index (χ2n) is 5.42. The highest BCUT2D eigenvalue weighted by Gasteiger charge is 2.28. The summed E-state index contributed by atoms with van der Waals surface area (Å²) in [5.41, 5.74) is -0.194. The standard InChI is InChI=1S/C16H22N2O5/c1-3-23-15-10-12(13(18(20)21)11-14(15)22-2)16(19)17-8-6-4-5-7-9-17/h10-11H,3-9H2,1-2H3. The first-order valence-corrected chi connectivity index (χ1v) is 7.87. The van der Waals surface area contributed by atoms with Crippen molar-refractivity contribution >= 4 is 11.6 Å². The fraction of sp³-hybridized carbons (Fsp3) is 0.562. The van der Waals surface area contributed by atoms with Gasteiger partial charge < -0.3 is 14.4 Å². The molecule has 0 bridgehead atoms. The quantitative estimate of drug-likeness (QED) is 0.615. The minimum absolute atomic E-state index is 0.0566. The van der Waals surface area contributed by atoms with E-state index in [0.29, 0.717) is 25.4 Å². The molecule has 0 atom stereocenters. The van der Waals surface area contributed by atoms with Gasteiger partial charge in [-0.2, -0.15) is 0 Å². The highest BCUT2D eigenvalue weighted by atomic mass is 16.6. The molecular weight excluding hydrogens is 300 g/mol. The average Bonchev–Trinajstić information content (AvgIpc) is 2.83. The maximum Gasteiger partial charge on any atom is 0.286 e. The first kappa shape index (κ1) is 17.1. The zero-order valence-corrected chi connectivity index (χ0v) is 13.5. The smallest absolute Gasteiger partial charge is 0.286 e. The number of nitrogens with zero attached hydrogens (tertiary/aromatic N) is 2. The van der Waals surface area contributed by atoms with Gasteiger partial charge in [0.1, 0.15) is 5.56 Å². The van der Waals surface area contributed by atoms with Crippen molar-refractivity contribution in [2.75, 3.05) is 26.8 Å². The van der Waals surface area contributed by atoms with Gasteiger partial charge in [-0.25, -0.2) is 0 Å². The summed E-state index contributed by atoms with van der Waals surface area (Å²) in [6.07, 6.45) is 4.01. The fourth-order valence-corrected chi connectivity index (χ4v) is 2.74. The number of hydrogen-bond acceptors (Lipinski definition) is 5. The maximum absolute atomic E-state index is 12.8. The summed E-state index contributed by atoms with van der Waals surface area (Å²) in [6.45, 7) is 3.45. The van der Waals surface area contributed by atoms with E-state index in [-0.39, 0.29) is 22.9 Å². The lowest BCUT2D eigenvalue weighted by Gasteiger charge is -2.21. The molecule has 0 radical (unpaired) electrons. The predicted octanol–water partition coefficient (Wildman–Crippen LogP) is 3.02. The molecule has 0 unspecified atom stereocenters. The largest absolute Gasteiger partial charge is 0.493 e. The van der Waals surface area contributed by atoms with E-state index in [1.165, 1.54) is 19.2 Å². The van der Waals surface area contributed by atoms with Gasteiger partial charge in [0.25, 0.3) is 11.6 Å². The highest BCUT2D eigenvalue weighted by molar-refractivity contribution is 5.99. The number of benzene rings is 1. The van der Waals surface area contributed by atoms with Gasteiger partial charge in [0, 0.05) is 19.2 Å². The zero-order chi connectivity index (χ0) is 16.8. The van der Waals surface area contributed by atoms with Crippen LogP contribution in [0.1, 0.15) is 43.0 Å². The van der Waals surface area contributed by atoms with Crippen LogP contribution in [0.25, 0.3) is 0 Å². The van der Waals surface area contributed by atoms with Crippen LogP contribution in [0.15, 0.2) is 12.1 Å². The van der Waals surface area contributed by atoms with Crippen molar-refractivity contribution in [3.8, 4) is 11.5 Å². The lowest BCUT2D eigenvalue weighted by Crippen LogP contribution is -2.32. The van der Waals surface area contributed by atoms with Gasteiger partial charge in [0.05, 0.1) is 24.7 Å². The molecule has 126 valence electrons. The molecule has 0 aromatic heterocycles. The van der Waals surface area contributed by atoms with E-state index in [0.717, 1.165) is 25.7 Å². The molecule has 1 aliphatic rings. The summed E-state index contributed by atoms with van der Waals surface area (Å²) in [6, 6.07) is 2.68. The number of ether oxygens (including phenoxy) is 2. The Balaban J connectivity index is 2.43. The molecule has 1 aliphatic heterocycles. The lowest BCUT2D eigenvalue weighted by molar-refractivity contribution is -0.385.